The number of allylic oxidation sites excluding steroid dienone is 1. The average molecular weight is 196 g/mol. The van der Waals surface area contributed by atoms with Crippen LogP contribution in [0.2, 0.25) is 0 Å². The van der Waals surface area contributed by atoms with E-state index in [9.17, 15) is 5.11 Å². The molecule has 0 aliphatic heterocycles. The quantitative estimate of drug-likeness (QED) is 0.507. The zero-order chi connectivity index (χ0) is 10.2. The van der Waals surface area contributed by atoms with E-state index in [4.69, 9.17) is 0 Å². The first kappa shape index (κ1) is 11.8. The molecule has 1 N–H and O–H groups in total. The molecule has 1 heteroatoms. The number of rotatable bonds is 6. The highest BCUT2D eigenvalue weighted by molar-refractivity contribution is 4.93. The molecule has 14 heavy (non-hydrogen) atoms. The fourth-order valence-corrected chi connectivity index (χ4v) is 2.20. The van der Waals surface area contributed by atoms with E-state index in [1.54, 1.807) is 0 Å². The highest BCUT2D eigenvalue weighted by atomic mass is 16.3. The second-order valence-corrected chi connectivity index (χ2v) is 4.46. The van der Waals surface area contributed by atoms with Crippen molar-refractivity contribution in [3.8, 4) is 0 Å². The molecule has 1 unspecified atom stereocenters. The Balaban J connectivity index is 2.08. The normalized spacial score (nSPS) is 20.7. The summed E-state index contributed by atoms with van der Waals surface area (Å²) in [5, 5.41) is 9.82. The van der Waals surface area contributed by atoms with Crippen molar-refractivity contribution in [1.82, 2.24) is 0 Å². The fraction of sp³-hybridized carbons (Fsp3) is 0.846. The Morgan fingerprint density at radius 2 is 2.00 bits per heavy atom. The van der Waals surface area contributed by atoms with Crippen molar-refractivity contribution in [2.24, 2.45) is 5.92 Å². The summed E-state index contributed by atoms with van der Waals surface area (Å²) in [6, 6.07) is 0. The fourth-order valence-electron chi connectivity index (χ4n) is 2.20. The van der Waals surface area contributed by atoms with Gasteiger partial charge in [0.25, 0.3) is 0 Å². The summed E-state index contributed by atoms with van der Waals surface area (Å²) in [4.78, 5) is 0. The predicted molar refractivity (Wildman–Crippen MR) is 61.2 cm³/mol. The molecule has 1 fully saturated rings. The molecule has 0 aromatic heterocycles. The Hall–Kier alpha value is -0.300. The number of aliphatic hydroxyl groups is 1. The predicted octanol–water partition coefficient (Wildman–Crippen LogP) is 3.67. The van der Waals surface area contributed by atoms with Gasteiger partial charge in [0.1, 0.15) is 0 Å². The first-order valence-electron chi connectivity index (χ1n) is 6.19. The van der Waals surface area contributed by atoms with Gasteiger partial charge in [0, 0.05) is 0 Å². The summed E-state index contributed by atoms with van der Waals surface area (Å²) in [5.74, 6) is 0.553. The van der Waals surface area contributed by atoms with E-state index in [1.807, 2.05) is 6.08 Å². The number of hydrogen-bond acceptors (Lipinski definition) is 1. The molecule has 82 valence electrons. The molecule has 0 radical (unpaired) electrons. The van der Waals surface area contributed by atoms with Crippen LogP contribution in [-0.2, 0) is 0 Å². The molecule has 0 spiro atoms. The number of hydrogen-bond donors (Lipinski definition) is 1. The summed E-state index contributed by atoms with van der Waals surface area (Å²) >= 11 is 0. The second-order valence-electron chi connectivity index (χ2n) is 4.46. The van der Waals surface area contributed by atoms with E-state index in [-0.39, 0.29) is 6.10 Å². The molecule has 1 saturated carbocycles. The van der Waals surface area contributed by atoms with Crippen LogP contribution in [0.15, 0.2) is 12.2 Å². The van der Waals surface area contributed by atoms with Gasteiger partial charge in [-0.25, -0.2) is 0 Å². The van der Waals surface area contributed by atoms with E-state index >= 15 is 0 Å². The van der Waals surface area contributed by atoms with Gasteiger partial charge in [-0.05, 0) is 31.6 Å². The van der Waals surface area contributed by atoms with Crippen LogP contribution in [0.5, 0.6) is 0 Å². The molecule has 1 nitrogen and oxygen atoms in total. The molecule has 0 heterocycles. The highest BCUT2D eigenvalue weighted by Gasteiger charge is 2.20. The van der Waals surface area contributed by atoms with Gasteiger partial charge >= 0.3 is 0 Å². The van der Waals surface area contributed by atoms with Gasteiger partial charge in [-0.3, -0.25) is 0 Å². The first-order valence-corrected chi connectivity index (χ1v) is 6.19. The SMILES string of the molecule is CCCCC/C=C\C(O)C1CCCC1. The largest absolute Gasteiger partial charge is 0.389 e. The number of unbranched alkanes of at least 4 members (excludes halogenated alkanes) is 3. The van der Waals surface area contributed by atoms with Crippen molar-refractivity contribution >= 4 is 0 Å². The summed E-state index contributed by atoms with van der Waals surface area (Å²) < 4.78 is 0. The van der Waals surface area contributed by atoms with Gasteiger partial charge in [-0.2, -0.15) is 0 Å². The van der Waals surface area contributed by atoms with Gasteiger partial charge in [0.2, 0.25) is 0 Å². The Kier molecular flexibility index (Phi) is 5.93. The van der Waals surface area contributed by atoms with Crippen LogP contribution in [0.4, 0.5) is 0 Å². The van der Waals surface area contributed by atoms with Crippen molar-refractivity contribution in [3.05, 3.63) is 12.2 Å². The summed E-state index contributed by atoms with van der Waals surface area (Å²) in [6.07, 6.45) is 14.1. The molecule has 1 atom stereocenters. The Morgan fingerprint density at radius 1 is 1.29 bits per heavy atom. The smallest absolute Gasteiger partial charge is 0.0749 e. The first-order chi connectivity index (χ1) is 6.84. The van der Waals surface area contributed by atoms with Crippen molar-refractivity contribution in [2.75, 3.05) is 0 Å². The molecule has 0 saturated heterocycles. The van der Waals surface area contributed by atoms with Crippen LogP contribution in [0.1, 0.15) is 58.3 Å². The van der Waals surface area contributed by atoms with Gasteiger partial charge < -0.3 is 5.11 Å². The lowest BCUT2D eigenvalue weighted by Crippen LogP contribution is -2.14. The Labute approximate surface area is 88.2 Å². The van der Waals surface area contributed by atoms with E-state index < -0.39 is 0 Å². The van der Waals surface area contributed by atoms with Crippen molar-refractivity contribution < 1.29 is 5.11 Å². The lowest BCUT2D eigenvalue weighted by atomic mass is 10.0. The Morgan fingerprint density at radius 3 is 2.64 bits per heavy atom. The Bertz CT molecular complexity index is 157. The third kappa shape index (κ3) is 4.28. The van der Waals surface area contributed by atoms with Gasteiger partial charge in [-0.1, -0.05) is 44.8 Å². The zero-order valence-electron chi connectivity index (χ0n) is 9.41. The maximum atomic E-state index is 9.82. The van der Waals surface area contributed by atoms with Crippen molar-refractivity contribution in [3.63, 3.8) is 0 Å². The topological polar surface area (TPSA) is 20.2 Å². The van der Waals surface area contributed by atoms with Crippen molar-refractivity contribution in [1.29, 1.82) is 0 Å². The van der Waals surface area contributed by atoms with E-state index in [0.717, 1.165) is 6.42 Å². The minimum atomic E-state index is -0.167. The maximum Gasteiger partial charge on any atom is 0.0749 e. The van der Waals surface area contributed by atoms with Crippen LogP contribution < -0.4 is 0 Å². The zero-order valence-corrected chi connectivity index (χ0v) is 9.41. The molecule has 0 aromatic rings. The van der Waals surface area contributed by atoms with Crippen LogP contribution in [0.3, 0.4) is 0 Å². The molecule has 1 rings (SSSR count). The van der Waals surface area contributed by atoms with Crippen LogP contribution in [0.25, 0.3) is 0 Å². The molecular formula is C13H24O. The highest BCUT2D eigenvalue weighted by Crippen LogP contribution is 2.28. The second kappa shape index (κ2) is 7.05. The van der Waals surface area contributed by atoms with Gasteiger partial charge in [0.05, 0.1) is 6.10 Å². The molecule has 1 aliphatic carbocycles. The van der Waals surface area contributed by atoms with E-state index in [2.05, 4.69) is 13.0 Å². The van der Waals surface area contributed by atoms with Crippen molar-refractivity contribution in [2.45, 2.75) is 64.4 Å². The van der Waals surface area contributed by atoms with Gasteiger partial charge in [-0.15, -0.1) is 0 Å². The van der Waals surface area contributed by atoms with E-state index in [1.165, 1.54) is 44.9 Å². The average Bonchev–Trinajstić information content (AvgIpc) is 2.70. The van der Waals surface area contributed by atoms with Crippen LogP contribution in [-0.4, -0.2) is 11.2 Å². The summed E-state index contributed by atoms with van der Waals surface area (Å²) in [7, 11) is 0. The van der Waals surface area contributed by atoms with Crippen LogP contribution in [0, 0.1) is 5.92 Å². The molecule has 0 amide bonds. The summed E-state index contributed by atoms with van der Waals surface area (Å²) in [5.41, 5.74) is 0. The minimum Gasteiger partial charge on any atom is -0.389 e. The minimum absolute atomic E-state index is 0.167. The maximum absolute atomic E-state index is 9.82. The van der Waals surface area contributed by atoms with E-state index in [0.29, 0.717) is 5.92 Å². The van der Waals surface area contributed by atoms with Crippen LogP contribution >= 0.6 is 0 Å². The lowest BCUT2D eigenvalue weighted by Gasteiger charge is -2.12. The molecule has 0 aromatic carbocycles. The monoisotopic (exact) mass is 196 g/mol. The third-order valence-electron chi connectivity index (χ3n) is 3.19. The number of aliphatic hydroxyl groups excluding tert-OH is 1. The molecular weight excluding hydrogens is 172 g/mol. The lowest BCUT2D eigenvalue weighted by molar-refractivity contribution is 0.155. The molecule has 1 aliphatic rings. The molecule has 0 bridgehead atoms. The standard InChI is InChI=1S/C13H24O/c1-2-3-4-5-6-11-13(14)12-9-7-8-10-12/h6,11-14H,2-5,7-10H2,1H3/b11-6-. The third-order valence-corrected chi connectivity index (χ3v) is 3.19. The summed E-state index contributed by atoms with van der Waals surface area (Å²) in [6.45, 7) is 2.22. The van der Waals surface area contributed by atoms with Gasteiger partial charge in [0.15, 0.2) is 0 Å².